The number of hydrogen-bond donors (Lipinski definition) is 3. The number of nitrogens with one attached hydrogen (secondary N) is 2. The van der Waals surface area contributed by atoms with E-state index in [1.165, 1.54) is 12.8 Å². The molecule has 1 aromatic heterocycles. The van der Waals surface area contributed by atoms with Crippen LogP contribution in [0.4, 0.5) is 11.5 Å². The van der Waals surface area contributed by atoms with Gasteiger partial charge in [-0.3, -0.25) is 14.4 Å². The Labute approximate surface area is 218 Å². The number of Topliss-reactive ketones (excluding diaryl/α,β-unsaturated/α-hetero) is 1. The quantitative estimate of drug-likeness (QED) is 0.445. The van der Waals surface area contributed by atoms with E-state index in [0.29, 0.717) is 40.3 Å². The lowest BCUT2D eigenvalue weighted by Gasteiger charge is -2.38. The van der Waals surface area contributed by atoms with Crippen molar-refractivity contribution in [2.45, 2.75) is 64.5 Å². The minimum absolute atomic E-state index is 0.0525. The number of benzene rings is 1. The van der Waals surface area contributed by atoms with Crippen molar-refractivity contribution < 1.29 is 14.4 Å². The molecule has 3 atom stereocenters. The summed E-state index contributed by atoms with van der Waals surface area (Å²) >= 11 is 0. The van der Waals surface area contributed by atoms with Crippen LogP contribution in [-0.4, -0.2) is 47.8 Å². The van der Waals surface area contributed by atoms with Crippen LogP contribution >= 0.6 is 0 Å². The number of pyridine rings is 1. The molecule has 5 rings (SSSR count). The number of piperidine rings is 1. The molecule has 3 fully saturated rings. The summed E-state index contributed by atoms with van der Waals surface area (Å²) in [4.78, 5) is 44.3. The lowest BCUT2D eigenvalue weighted by Crippen LogP contribution is -2.43. The van der Waals surface area contributed by atoms with Crippen LogP contribution in [0.15, 0.2) is 36.5 Å². The van der Waals surface area contributed by atoms with Crippen LogP contribution < -0.4 is 21.3 Å². The van der Waals surface area contributed by atoms with Crippen LogP contribution in [0.3, 0.4) is 0 Å². The molecule has 2 aromatic rings. The maximum Gasteiger partial charge on any atom is 0.251 e. The fourth-order valence-electron chi connectivity index (χ4n) is 5.81. The van der Waals surface area contributed by atoms with Gasteiger partial charge < -0.3 is 21.3 Å². The van der Waals surface area contributed by atoms with Gasteiger partial charge in [0.2, 0.25) is 0 Å². The van der Waals surface area contributed by atoms with Crippen LogP contribution in [0.5, 0.6) is 0 Å². The Kier molecular flexibility index (Phi) is 7.17. The average molecular weight is 504 g/mol. The van der Waals surface area contributed by atoms with Crippen molar-refractivity contribution in [3.8, 4) is 0 Å². The van der Waals surface area contributed by atoms with Crippen LogP contribution in [-0.2, 0) is 0 Å². The number of anilines is 2. The number of carbonyl (C=O) groups excluding carboxylic acids is 3. The van der Waals surface area contributed by atoms with Crippen molar-refractivity contribution in [3.63, 3.8) is 0 Å². The highest BCUT2D eigenvalue weighted by molar-refractivity contribution is 6.02. The van der Waals surface area contributed by atoms with Crippen LogP contribution in [0.2, 0.25) is 0 Å². The van der Waals surface area contributed by atoms with E-state index in [2.05, 4.69) is 20.5 Å². The van der Waals surface area contributed by atoms with E-state index in [9.17, 15) is 14.4 Å². The molecule has 1 saturated heterocycles. The van der Waals surface area contributed by atoms with Crippen molar-refractivity contribution in [1.29, 1.82) is 0 Å². The van der Waals surface area contributed by atoms with Crippen LogP contribution in [0.25, 0.3) is 0 Å². The number of aromatic nitrogens is 1. The summed E-state index contributed by atoms with van der Waals surface area (Å²) in [5.74, 6) is 1.44. The Balaban J connectivity index is 1.25. The third-order valence-corrected chi connectivity index (χ3v) is 8.04. The van der Waals surface area contributed by atoms with E-state index in [-0.39, 0.29) is 23.7 Å². The zero-order valence-corrected chi connectivity index (χ0v) is 21.7. The van der Waals surface area contributed by atoms with Gasteiger partial charge >= 0.3 is 0 Å². The van der Waals surface area contributed by atoms with E-state index in [1.54, 1.807) is 24.4 Å². The van der Waals surface area contributed by atoms with Gasteiger partial charge in [0.05, 0.1) is 5.56 Å². The number of rotatable bonds is 9. The molecule has 1 aliphatic heterocycles. The monoisotopic (exact) mass is 503 g/mol. The first-order chi connectivity index (χ1) is 17.8. The number of amides is 2. The van der Waals surface area contributed by atoms with Gasteiger partial charge in [0, 0.05) is 54.1 Å². The maximum atomic E-state index is 13.2. The topological polar surface area (TPSA) is 117 Å². The number of nitrogens with zero attached hydrogens (tertiary/aromatic N) is 2. The van der Waals surface area contributed by atoms with Crippen molar-refractivity contribution in [1.82, 2.24) is 10.3 Å². The molecule has 2 amide bonds. The number of ketones is 1. The Hall–Kier alpha value is -3.42. The van der Waals surface area contributed by atoms with Gasteiger partial charge in [-0.1, -0.05) is 13.8 Å². The normalized spacial score (nSPS) is 23.0. The number of fused-ring (bicyclic) bond motifs is 1. The minimum atomic E-state index is -0.500. The van der Waals surface area contributed by atoms with Gasteiger partial charge in [0.1, 0.15) is 5.82 Å². The first-order valence-electron chi connectivity index (χ1n) is 13.6. The summed E-state index contributed by atoms with van der Waals surface area (Å²) < 4.78 is 0. The molecule has 1 aromatic carbocycles. The van der Waals surface area contributed by atoms with Gasteiger partial charge in [0.25, 0.3) is 11.8 Å². The first kappa shape index (κ1) is 25.2. The first-order valence-corrected chi connectivity index (χ1v) is 13.6. The maximum absolute atomic E-state index is 13.2. The molecular formula is C29H37N5O3. The molecule has 8 nitrogen and oxygen atoms in total. The Morgan fingerprint density at radius 1 is 1.08 bits per heavy atom. The highest BCUT2D eigenvalue weighted by atomic mass is 16.2. The van der Waals surface area contributed by atoms with Crippen LogP contribution in [0.1, 0.15) is 83.4 Å². The van der Waals surface area contributed by atoms with Gasteiger partial charge in [-0.05, 0) is 80.7 Å². The Morgan fingerprint density at radius 2 is 1.86 bits per heavy atom. The van der Waals surface area contributed by atoms with Gasteiger partial charge in [0.15, 0.2) is 5.78 Å². The second kappa shape index (κ2) is 10.5. The second-order valence-electron chi connectivity index (χ2n) is 11.2. The van der Waals surface area contributed by atoms with Crippen molar-refractivity contribution in [2.75, 3.05) is 23.3 Å². The predicted molar refractivity (Wildman–Crippen MR) is 144 cm³/mol. The largest absolute Gasteiger partial charge is 0.384 e. The molecule has 37 heavy (non-hydrogen) atoms. The molecule has 2 aliphatic carbocycles. The van der Waals surface area contributed by atoms with E-state index in [0.717, 1.165) is 44.6 Å². The van der Waals surface area contributed by atoms with Gasteiger partial charge in [-0.2, -0.15) is 0 Å². The molecule has 2 heterocycles. The number of nitrogens with two attached hydrogens (primary N) is 1. The summed E-state index contributed by atoms with van der Waals surface area (Å²) in [6, 6.07) is 9.29. The highest BCUT2D eigenvalue weighted by Crippen LogP contribution is 2.39. The zero-order chi connectivity index (χ0) is 26.1. The molecule has 8 heteroatoms. The fourth-order valence-corrected chi connectivity index (χ4v) is 5.81. The standard InChI is InChI=1S/C29H37N5O3/c1-17(2)27(35)21-8-10-26(32-16-21)34-11-3-4-19-12-22(14-25(19)34)33-29(37)20-7-9-23(28(30)36)24(13-20)31-15-18-5-6-18/h7-10,13,16-19,22,25,31H,3-6,11-12,14-15H2,1-2H3,(H2,30,36)(H,33,37). The minimum Gasteiger partial charge on any atom is -0.384 e. The summed E-state index contributed by atoms with van der Waals surface area (Å²) in [5.41, 5.74) is 7.77. The SMILES string of the molecule is CC(C)C(=O)c1ccc(N2CCCC3CC(NC(=O)c4ccc(C(N)=O)c(NCC5CC5)c4)CC32)nc1. The molecule has 196 valence electrons. The number of hydrogen-bond acceptors (Lipinski definition) is 6. The van der Waals surface area contributed by atoms with Crippen LogP contribution in [0, 0.1) is 17.8 Å². The third-order valence-electron chi connectivity index (χ3n) is 8.04. The van der Waals surface area contributed by atoms with E-state index in [4.69, 9.17) is 5.73 Å². The smallest absolute Gasteiger partial charge is 0.251 e. The van der Waals surface area contributed by atoms with Gasteiger partial charge in [-0.25, -0.2) is 4.98 Å². The summed E-state index contributed by atoms with van der Waals surface area (Å²) in [6.07, 6.45) is 8.09. The second-order valence-corrected chi connectivity index (χ2v) is 11.2. The summed E-state index contributed by atoms with van der Waals surface area (Å²) in [5, 5.41) is 6.55. The van der Waals surface area contributed by atoms with E-state index in [1.807, 2.05) is 26.0 Å². The zero-order valence-electron chi connectivity index (χ0n) is 21.7. The molecule has 4 N–H and O–H groups in total. The Bertz CT molecular complexity index is 1170. The lowest BCUT2D eigenvalue weighted by atomic mass is 9.92. The summed E-state index contributed by atoms with van der Waals surface area (Å²) in [7, 11) is 0. The van der Waals surface area contributed by atoms with Crippen molar-refractivity contribution in [2.24, 2.45) is 23.5 Å². The molecule has 0 bridgehead atoms. The molecular weight excluding hydrogens is 466 g/mol. The molecule has 2 saturated carbocycles. The average Bonchev–Trinajstić information content (AvgIpc) is 3.63. The Morgan fingerprint density at radius 3 is 2.54 bits per heavy atom. The predicted octanol–water partition coefficient (Wildman–Crippen LogP) is 4.02. The molecule has 0 radical (unpaired) electrons. The summed E-state index contributed by atoms with van der Waals surface area (Å²) in [6.45, 7) is 5.51. The number of carbonyl (C=O) groups is 3. The molecule has 3 aliphatic rings. The highest BCUT2D eigenvalue weighted by Gasteiger charge is 2.41. The van der Waals surface area contributed by atoms with Crippen molar-refractivity contribution >= 4 is 29.1 Å². The molecule has 0 spiro atoms. The lowest BCUT2D eigenvalue weighted by molar-refractivity contribution is 0.0930. The fraction of sp³-hybridized carbons (Fsp3) is 0.517. The van der Waals surface area contributed by atoms with Crippen molar-refractivity contribution in [3.05, 3.63) is 53.2 Å². The molecule has 3 unspecified atom stereocenters. The third kappa shape index (κ3) is 5.63. The van der Waals surface area contributed by atoms with Gasteiger partial charge in [-0.15, -0.1) is 0 Å². The van der Waals surface area contributed by atoms with E-state index >= 15 is 0 Å². The number of primary amides is 1. The van der Waals surface area contributed by atoms with E-state index < -0.39 is 5.91 Å².